The Bertz CT molecular complexity index is 380. The second-order valence-electron chi connectivity index (χ2n) is 3.36. The second-order valence-corrected chi connectivity index (χ2v) is 4.07. The Kier molecular flexibility index (Phi) is 5.03. The average Bonchev–Trinajstić information content (AvgIpc) is 2.25. The zero-order valence-electron chi connectivity index (χ0n) is 8.77. The fourth-order valence-corrected chi connectivity index (χ4v) is 1.73. The van der Waals surface area contributed by atoms with Gasteiger partial charge in [0.15, 0.2) is 0 Å². The number of rotatable bonds is 4. The highest BCUT2D eigenvalue weighted by atomic mass is 35.5. The smallest absolute Gasteiger partial charge is 0.253 e. The molecule has 0 aliphatic carbocycles. The lowest BCUT2D eigenvalue weighted by atomic mass is 10.2. The fourth-order valence-electron chi connectivity index (χ4n) is 1.19. The van der Waals surface area contributed by atoms with E-state index in [0.29, 0.717) is 5.88 Å². The van der Waals surface area contributed by atoms with Crippen molar-refractivity contribution >= 4 is 29.1 Å². The molecule has 1 rings (SSSR count). The van der Waals surface area contributed by atoms with Crippen LogP contribution in [0.25, 0.3) is 0 Å². The molecule has 5 heteroatoms. The second kappa shape index (κ2) is 6.06. The van der Waals surface area contributed by atoms with E-state index < -0.39 is 5.82 Å². The molecule has 0 aliphatic heterocycles. The topological polar surface area (TPSA) is 29.1 Å². The quantitative estimate of drug-likeness (QED) is 0.831. The van der Waals surface area contributed by atoms with E-state index in [1.807, 2.05) is 6.92 Å². The van der Waals surface area contributed by atoms with Crippen LogP contribution in [-0.4, -0.2) is 17.8 Å². The van der Waals surface area contributed by atoms with Gasteiger partial charge in [0, 0.05) is 11.9 Å². The van der Waals surface area contributed by atoms with Crippen LogP contribution < -0.4 is 5.32 Å². The number of amides is 1. The molecule has 1 aromatic rings. The van der Waals surface area contributed by atoms with E-state index in [0.717, 1.165) is 12.5 Å². The summed E-state index contributed by atoms with van der Waals surface area (Å²) < 4.78 is 12.8. The van der Waals surface area contributed by atoms with Crippen molar-refractivity contribution in [3.05, 3.63) is 34.6 Å². The maximum absolute atomic E-state index is 12.8. The van der Waals surface area contributed by atoms with Crippen molar-refractivity contribution in [2.75, 3.05) is 5.88 Å². The molecule has 1 amide bonds. The summed E-state index contributed by atoms with van der Waals surface area (Å²) in [6, 6.07) is 3.56. The summed E-state index contributed by atoms with van der Waals surface area (Å²) in [7, 11) is 0. The van der Waals surface area contributed by atoms with Gasteiger partial charge in [0.25, 0.3) is 5.91 Å². The van der Waals surface area contributed by atoms with Crippen LogP contribution in [0.15, 0.2) is 18.2 Å². The summed E-state index contributed by atoms with van der Waals surface area (Å²) in [6.45, 7) is 1.92. The molecule has 0 aromatic heterocycles. The van der Waals surface area contributed by atoms with Crippen LogP contribution in [0.3, 0.4) is 0 Å². The number of benzene rings is 1. The van der Waals surface area contributed by atoms with Gasteiger partial charge in [0.2, 0.25) is 0 Å². The third-order valence-corrected chi connectivity index (χ3v) is 2.88. The molecule has 0 fully saturated rings. The van der Waals surface area contributed by atoms with Crippen LogP contribution >= 0.6 is 23.2 Å². The molecule has 0 saturated carbocycles. The number of halogens is 3. The first-order valence-corrected chi connectivity index (χ1v) is 5.81. The molecule has 1 N–H and O–H groups in total. The summed E-state index contributed by atoms with van der Waals surface area (Å²) in [5.74, 6) is -0.468. The van der Waals surface area contributed by atoms with E-state index >= 15 is 0 Å². The lowest BCUT2D eigenvalue weighted by Gasteiger charge is -2.14. The molecule has 0 radical (unpaired) electrons. The molecule has 1 aromatic carbocycles. The van der Waals surface area contributed by atoms with Crippen molar-refractivity contribution in [2.24, 2.45) is 0 Å². The first-order chi connectivity index (χ1) is 7.58. The number of alkyl halides is 1. The van der Waals surface area contributed by atoms with Crippen LogP contribution in [0.5, 0.6) is 0 Å². The Morgan fingerprint density at radius 2 is 2.25 bits per heavy atom. The predicted molar refractivity (Wildman–Crippen MR) is 63.7 cm³/mol. The van der Waals surface area contributed by atoms with Crippen LogP contribution in [0.1, 0.15) is 23.7 Å². The van der Waals surface area contributed by atoms with Gasteiger partial charge in [0.05, 0.1) is 10.6 Å². The summed E-state index contributed by atoms with van der Waals surface area (Å²) in [5, 5.41) is 2.81. The molecule has 0 spiro atoms. The molecule has 0 bridgehead atoms. The summed E-state index contributed by atoms with van der Waals surface area (Å²) in [5.41, 5.74) is 0.256. The molecule has 0 saturated heterocycles. The van der Waals surface area contributed by atoms with Crippen molar-refractivity contribution in [1.82, 2.24) is 5.32 Å². The van der Waals surface area contributed by atoms with Crippen LogP contribution in [0, 0.1) is 5.82 Å². The van der Waals surface area contributed by atoms with Gasteiger partial charge in [-0.05, 0) is 24.6 Å². The Balaban J connectivity index is 2.80. The zero-order valence-corrected chi connectivity index (χ0v) is 10.3. The van der Waals surface area contributed by atoms with Crippen molar-refractivity contribution in [1.29, 1.82) is 0 Å². The first-order valence-electron chi connectivity index (χ1n) is 4.90. The van der Waals surface area contributed by atoms with E-state index in [1.165, 1.54) is 12.1 Å². The van der Waals surface area contributed by atoms with Crippen molar-refractivity contribution in [3.63, 3.8) is 0 Å². The SMILES string of the molecule is CCC(CCl)NC(=O)c1ccc(F)cc1Cl. The van der Waals surface area contributed by atoms with E-state index in [1.54, 1.807) is 0 Å². The zero-order chi connectivity index (χ0) is 12.1. The molecule has 1 unspecified atom stereocenters. The summed E-state index contributed by atoms with van der Waals surface area (Å²) in [6.07, 6.45) is 0.730. The van der Waals surface area contributed by atoms with Crippen molar-refractivity contribution < 1.29 is 9.18 Å². The van der Waals surface area contributed by atoms with Crippen molar-refractivity contribution in [2.45, 2.75) is 19.4 Å². The minimum atomic E-state index is -0.467. The van der Waals surface area contributed by atoms with E-state index in [9.17, 15) is 9.18 Å². The highest BCUT2D eigenvalue weighted by Crippen LogP contribution is 2.17. The van der Waals surface area contributed by atoms with Gasteiger partial charge in [-0.1, -0.05) is 18.5 Å². The molecule has 16 heavy (non-hydrogen) atoms. The van der Waals surface area contributed by atoms with Gasteiger partial charge in [-0.3, -0.25) is 4.79 Å². The summed E-state index contributed by atoms with van der Waals surface area (Å²) >= 11 is 11.4. The maximum Gasteiger partial charge on any atom is 0.253 e. The number of carbonyl (C=O) groups is 1. The van der Waals surface area contributed by atoms with Crippen LogP contribution in [0.2, 0.25) is 5.02 Å². The first kappa shape index (κ1) is 13.3. The molecular formula is C11H12Cl2FNO. The standard InChI is InChI=1S/C11H12Cl2FNO/c1-2-8(6-12)15-11(16)9-4-3-7(14)5-10(9)13/h3-5,8H,2,6H2,1H3,(H,15,16). The van der Waals surface area contributed by atoms with Crippen LogP contribution in [0.4, 0.5) is 4.39 Å². The number of carbonyl (C=O) groups excluding carboxylic acids is 1. The third-order valence-electron chi connectivity index (χ3n) is 2.19. The molecule has 0 aliphatic rings. The normalized spacial score (nSPS) is 12.2. The Labute approximate surface area is 104 Å². The number of nitrogens with one attached hydrogen (secondary N) is 1. The average molecular weight is 264 g/mol. The largest absolute Gasteiger partial charge is 0.348 e. The maximum atomic E-state index is 12.8. The highest BCUT2D eigenvalue weighted by Gasteiger charge is 2.14. The molecule has 0 heterocycles. The minimum absolute atomic E-state index is 0.0990. The Morgan fingerprint density at radius 1 is 1.56 bits per heavy atom. The van der Waals surface area contributed by atoms with Gasteiger partial charge in [-0.25, -0.2) is 4.39 Å². The lowest BCUT2D eigenvalue weighted by molar-refractivity contribution is 0.0940. The van der Waals surface area contributed by atoms with E-state index in [4.69, 9.17) is 23.2 Å². The highest BCUT2D eigenvalue weighted by molar-refractivity contribution is 6.33. The van der Waals surface area contributed by atoms with E-state index in [2.05, 4.69) is 5.32 Å². The monoisotopic (exact) mass is 263 g/mol. The van der Waals surface area contributed by atoms with Gasteiger partial charge < -0.3 is 5.32 Å². The molecule has 2 nitrogen and oxygen atoms in total. The fraction of sp³-hybridized carbons (Fsp3) is 0.364. The van der Waals surface area contributed by atoms with Crippen LogP contribution in [-0.2, 0) is 0 Å². The Hall–Kier alpha value is -0.800. The minimum Gasteiger partial charge on any atom is -0.348 e. The molecule has 88 valence electrons. The van der Waals surface area contributed by atoms with Gasteiger partial charge in [-0.15, -0.1) is 11.6 Å². The molecular weight excluding hydrogens is 252 g/mol. The Morgan fingerprint density at radius 3 is 2.75 bits per heavy atom. The van der Waals surface area contributed by atoms with Gasteiger partial charge in [0.1, 0.15) is 5.82 Å². The van der Waals surface area contributed by atoms with E-state index in [-0.39, 0.29) is 22.5 Å². The van der Waals surface area contributed by atoms with Gasteiger partial charge in [-0.2, -0.15) is 0 Å². The van der Waals surface area contributed by atoms with Crippen molar-refractivity contribution in [3.8, 4) is 0 Å². The predicted octanol–water partition coefficient (Wildman–Crippen LogP) is 3.23. The summed E-state index contributed by atoms with van der Waals surface area (Å²) in [4.78, 5) is 11.7. The van der Waals surface area contributed by atoms with Gasteiger partial charge >= 0.3 is 0 Å². The number of hydrogen-bond donors (Lipinski definition) is 1. The molecule has 1 atom stereocenters. The lowest BCUT2D eigenvalue weighted by Crippen LogP contribution is -2.35. The third kappa shape index (κ3) is 3.35. The number of hydrogen-bond acceptors (Lipinski definition) is 1.